The Morgan fingerprint density at radius 3 is 1.35 bits per heavy atom. The molecule has 110 valence electrons. The Kier molecular flexibility index (Phi) is 54.4. The van der Waals surface area contributed by atoms with Crippen molar-refractivity contribution in [1.29, 1.82) is 0 Å². The van der Waals surface area contributed by atoms with Crippen molar-refractivity contribution >= 4 is 0 Å². The minimum Gasteiger partial charge on any atom is -0.299 e. The molecule has 0 amide bonds. The highest BCUT2D eigenvalue weighted by atomic mass is 16.7. The number of hydroxylamine groups is 2. The van der Waals surface area contributed by atoms with Crippen LogP contribution in [0.15, 0.2) is 0 Å². The van der Waals surface area contributed by atoms with Gasteiger partial charge in [-0.2, -0.15) is 5.06 Å². The van der Waals surface area contributed by atoms with Gasteiger partial charge in [0.1, 0.15) is 0 Å². The fourth-order valence-corrected chi connectivity index (χ4v) is 0.627. The van der Waals surface area contributed by atoms with Gasteiger partial charge in [0.05, 0.1) is 6.61 Å². The van der Waals surface area contributed by atoms with Crippen LogP contribution in [0.25, 0.3) is 0 Å². The third-order valence-corrected chi connectivity index (χ3v) is 1.05. The molecule has 0 N–H and O–H groups in total. The third-order valence-electron chi connectivity index (χ3n) is 1.05. The summed E-state index contributed by atoms with van der Waals surface area (Å²) >= 11 is 0. The molecule has 0 aromatic rings. The Morgan fingerprint density at radius 1 is 0.765 bits per heavy atom. The smallest absolute Gasteiger partial charge is 0.0682 e. The Balaban J connectivity index is -0.0000000879. The van der Waals surface area contributed by atoms with Gasteiger partial charge < -0.3 is 0 Å². The predicted octanol–water partition coefficient (Wildman–Crippen LogP) is 5.53. The van der Waals surface area contributed by atoms with Crippen LogP contribution in [0.2, 0.25) is 0 Å². The fourth-order valence-electron chi connectivity index (χ4n) is 0.627. The van der Waals surface area contributed by atoms with E-state index in [1.54, 1.807) is 0 Å². The third kappa shape index (κ3) is 64.4. The van der Waals surface area contributed by atoms with E-state index in [2.05, 4.69) is 41.5 Å². The van der Waals surface area contributed by atoms with Gasteiger partial charge in [0.2, 0.25) is 0 Å². The fraction of sp³-hybridized carbons (Fsp3) is 1.00. The maximum atomic E-state index is 5.26. The lowest BCUT2D eigenvalue weighted by atomic mass is 10.5. The largest absolute Gasteiger partial charge is 0.299 e. The average Bonchev–Trinajstić information content (AvgIpc) is 2.31. The molecular formula is C15H39NO. The molecule has 0 saturated carbocycles. The highest BCUT2D eigenvalue weighted by Crippen LogP contribution is 1.88. The summed E-state index contributed by atoms with van der Waals surface area (Å²) in [6.07, 6.45) is 4.74. The first-order valence-corrected chi connectivity index (χ1v) is 7.48. The highest BCUT2D eigenvalue weighted by Gasteiger charge is 1.92. The van der Waals surface area contributed by atoms with E-state index in [-0.39, 0.29) is 0 Å². The summed E-state index contributed by atoms with van der Waals surface area (Å²) < 4.78 is 0. The van der Waals surface area contributed by atoms with Gasteiger partial charge in [-0.3, -0.25) is 4.84 Å². The standard InChI is InChI=1S/C7H17NO.2C3H8.C2H6/c1-4-6-8(3)9-7-5-2;2*1-3-2;1-2/h4-7H2,1-3H3;2*3H2,1-2H3;1-2H3. The molecule has 0 heterocycles. The van der Waals surface area contributed by atoms with Gasteiger partial charge in [0.25, 0.3) is 0 Å². The van der Waals surface area contributed by atoms with E-state index in [0.29, 0.717) is 0 Å². The topological polar surface area (TPSA) is 12.5 Å². The van der Waals surface area contributed by atoms with Crippen molar-refractivity contribution in [1.82, 2.24) is 5.06 Å². The van der Waals surface area contributed by atoms with Gasteiger partial charge >= 0.3 is 0 Å². The van der Waals surface area contributed by atoms with Gasteiger partial charge in [-0.1, -0.05) is 68.2 Å². The lowest BCUT2D eigenvalue weighted by Gasteiger charge is -2.13. The van der Waals surface area contributed by atoms with Gasteiger partial charge in [-0.25, -0.2) is 0 Å². The van der Waals surface area contributed by atoms with Crippen LogP contribution in [0.4, 0.5) is 0 Å². The lowest BCUT2D eigenvalue weighted by molar-refractivity contribution is -0.139. The van der Waals surface area contributed by atoms with Crippen molar-refractivity contribution in [2.45, 2.75) is 81.1 Å². The summed E-state index contributed by atoms with van der Waals surface area (Å²) in [5.41, 5.74) is 0. The number of rotatable bonds is 5. The summed E-state index contributed by atoms with van der Waals surface area (Å²) in [7, 11) is 1.97. The summed E-state index contributed by atoms with van der Waals surface area (Å²) in [5.74, 6) is 0. The number of hydrogen-bond donors (Lipinski definition) is 0. The first kappa shape index (κ1) is 25.7. The van der Waals surface area contributed by atoms with Crippen molar-refractivity contribution in [2.24, 2.45) is 0 Å². The molecule has 0 radical (unpaired) electrons. The minimum atomic E-state index is 0.844. The molecule has 0 saturated heterocycles. The van der Waals surface area contributed by atoms with Gasteiger partial charge in [0.15, 0.2) is 0 Å². The van der Waals surface area contributed by atoms with Crippen molar-refractivity contribution in [3.8, 4) is 0 Å². The second-order valence-corrected chi connectivity index (χ2v) is 3.60. The molecule has 17 heavy (non-hydrogen) atoms. The summed E-state index contributed by atoms with van der Waals surface area (Å²) in [5, 5.41) is 1.89. The average molecular weight is 249 g/mol. The molecule has 0 atom stereocenters. The molecule has 2 nitrogen and oxygen atoms in total. The van der Waals surface area contributed by atoms with Crippen LogP contribution in [0.3, 0.4) is 0 Å². The Morgan fingerprint density at radius 2 is 1.12 bits per heavy atom. The minimum absolute atomic E-state index is 0.844. The first-order valence-electron chi connectivity index (χ1n) is 7.48. The Bertz CT molecular complexity index is 75.3. The van der Waals surface area contributed by atoms with E-state index in [4.69, 9.17) is 4.84 Å². The Hall–Kier alpha value is -0.0800. The zero-order valence-electron chi connectivity index (χ0n) is 14.1. The second-order valence-electron chi connectivity index (χ2n) is 3.60. The van der Waals surface area contributed by atoms with E-state index in [9.17, 15) is 0 Å². The molecule has 0 aliphatic carbocycles. The maximum absolute atomic E-state index is 5.26. The van der Waals surface area contributed by atoms with Crippen molar-refractivity contribution in [2.75, 3.05) is 20.2 Å². The lowest BCUT2D eigenvalue weighted by Crippen LogP contribution is -2.19. The van der Waals surface area contributed by atoms with Crippen LogP contribution >= 0.6 is 0 Å². The predicted molar refractivity (Wildman–Crippen MR) is 82.4 cm³/mol. The molecule has 0 aromatic carbocycles. The van der Waals surface area contributed by atoms with E-state index >= 15 is 0 Å². The second kappa shape index (κ2) is 36.0. The molecule has 0 aliphatic heterocycles. The summed E-state index contributed by atoms with van der Waals surface area (Å²) in [4.78, 5) is 5.26. The van der Waals surface area contributed by atoms with Crippen LogP contribution in [-0.4, -0.2) is 25.3 Å². The molecule has 0 aliphatic rings. The number of hydrogen-bond acceptors (Lipinski definition) is 2. The number of nitrogens with zero attached hydrogens (tertiary/aromatic N) is 1. The Labute approximate surface area is 112 Å². The van der Waals surface area contributed by atoms with Crippen molar-refractivity contribution in [3.05, 3.63) is 0 Å². The van der Waals surface area contributed by atoms with Crippen molar-refractivity contribution < 1.29 is 4.84 Å². The van der Waals surface area contributed by atoms with Gasteiger partial charge in [-0.05, 0) is 12.8 Å². The molecule has 0 bridgehead atoms. The summed E-state index contributed by atoms with van der Waals surface area (Å²) in [6.45, 7) is 18.6. The molecule has 2 heteroatoms. The van der Waals surface area contributed by atoms with Crippen LogP contribution < -0.4 is 0 Å². The zero-order chi connectivity index (χ0) is 14.5. The van der Waals surface area contributed by atoms with Crippen LogP contribution in [0.1, 0.15) is 81.1 Å². The van der Waals surface area contributed by atoms with E-state index in [0.717, 1.165) is 26.0 Å². The molecule has 0 rings (SSSR count). The van der Waals surface area contributed by atoms with E-state index < -0.39 is 0 Å². The van der Waals surface area contributed by atoms with Crippen LogP contribution in [0, 0.1) is 0 Å². The molecule has 0 spiro atoms. The molecule has 0 unspecified atom stereocenters. The molecule has 0 fully saturated rings. The van der Waals surface area contributed by atoms with Crippen LogP contribution in [0.5, 0.6) is 0 Å². The zero-order valence-corrected chi connectivity index (χ0v) is 14.1. The van der Waals surface area contributed by atoms with E-state index in [1.165, 1.54) is 12.8 Å². The SMILES string of the molecule is CC.CCC.CCC.CCCON(C)CCC. The quantitative estimate of drug-likeness (QED) is 0.594. The van der Waals surface area contributed by atoms with Gasteiger partial charge in [-0.15, -0.1) is 0 Å². The molecule has 0 aromatic heterocycles. The normalized spacial score (nSPS) is 8.12. The first-order chi connectivity index (χ1) is 8.14. The van der Waals surface area contributed by atoms with Crippen molar-refractivity contribution in [3.63, 3.8) is 0 Å². The summed E-state index contributed by atoms with van der Waals surface area (Å²) in [6, 6.07) is 0. The van der Waals surface area contributed by atoms with Gasteiger partial charge in [0, 0.05) is 13.6 Å². The maximum Gasteiger partial charge on any atom is 0.0682 e. The monoisotopic (exact) mass is 249 g/mol. The molecular weight excluding hydrogens is 210 g/mol. The van der Waals surface area contributed by atoms with Crippen LogP contribution in [-0.2, 0) is 4.84 Å². The highest BCUT2D eigenvalue weighted by molar-refractivity contribution is 4.32. The van der Waals surface area contributed by atoms with E-state index in [1.807, 2.05) is 26.0 Å².